The Labute approximate surface area is 193 Å². The second-order valence-corrected chi connectivity index (χ2v) is 7.77. The number of para-hydroxylation sites is 1. The molecule has 3 amide bonds. The summed E-state index contributed by atoms with van der Waals surface area (Å²) in [5.41, 5.74) is 3.77. The molecule has 1 aliphatic rings. The Morgan fingerprint density at radius 1 is 0.879 bits per heavy atom. The Balaban J connectivity index is 1.43. The van der Waals surface area contributed by atoms with Crippen molar-refractivity contribution in [2.45, 2.75) is 19.3 Å². The number of hydrogen-bond acceptors (Lipinski definition) is 4. The van der Waals surface area contributed by atoms with Crippen LogP contribution in [0.3, 0.4) is 0 Å². The van der Waals surface area contributed by atoms with Crippen molar-refractivity contribution in [3.05, 3.63) is 77.9 Å². The Hall–Kier alpha value is -4.00. The molecule has 1 heterocycles. The molecule has 7 heteroatoms. The summed E-state index contributed by atoms with van der Waals surface area (Å²) in [7, 11) is 3.10. The first-order valence-corrected chi connectivity index (χ1v) is 10.9. The minimum absolute atomic E-state index is 0.176. The van der Waals surface area contributed by atoms with Gasteiger partial charge < -0.3 is 20.1 Å². The Morgan fingerprint density at radius 3 is 2.42 bits per heavy atom. The summed E-state index contributed by atoms with van der Waals surface area (Å²) in [6.07, 6.45) is 2.99. The third kappa shape index (κ3) is 5.09. The standard InChI is InChI=1S/C26H27N3O4/c1-32-21-14-15-22(24(17-21)33-2)28-25(30)19-10-12-20(13-11-19)27-26(31)29-16-6-5-8-18-7-3-4-9-23(18)29/h3-4,7,9-15,17H,5-6,8,16H2,1-2H3,(H,27,31)(H,28,30). The molecular weight excluding hydrogens is 418 g/mol. The molecular formula is C26H27N3O4. The van der Waals surface area contributed by atoms with Crippen molar-refractivity contribution in [2.75, 3.05) is 36.3 Å². The first-order valence-electron chi connectivity index (χ1n) is 10.9. The van der Waals surface area contributed by atoms with Crippen LogP contribution in [-0.2, 0) is 6.42 Å². The molecule has 0 aromatic heterocycles. The van der Waals surface area contributed by atoms with Gasteiger partial charge >= 0.3 is 6.03 Å². The van der Waals surface area contributed by atoms with Crippen molar-refractivity contribution in [2.24, 2.45) is 0 Å². The lowest BCUT2D eigenvalue weighted by Gasteiger charge is -2.23. The van der Waals surface area contributed by atoms with Gasteiger partial charge in [0.1, 0.15) is 11.5 Å². The number of nitrogens with zero attached hydrogens (tertiary/aromatic N) is 1. The van der Waals surface area contributed by atoms with Crippen molar-refractivity contribution in [1.82, 2.24) is 0 Å². The van der Waals surface area contributed by atoms with Crippen LogP contribution in [0.15, 0.2) is 66.7 Å². The van der Waals surface area contributed by atoms with Crippen molar-refractivity contribution >= 4 is 29.0 Å². The molecule has 7 nitrogen and oxygen atoms in total. The van der Waals surface area contributed by atoms with E-state index in [0.717, 1.165) is 24.9 Å². The second kappa shape index (κ2) is 10.1. The maximum Gasteiger partial charge on any atom is 0.326 e. The number of methoxy groups -OCH3 is 2. The second-order valence-electron chi connectivity index (χ2n) is 7.77. The van der Waals surface area contributed by atoms with Gasteiger partial charge in [-0.25, -0.2) is 4.79 Å². The fourth-order valence-corrected chi connectivity index (χ4v) is 3.89. The largest absolute Gasteiger partial charge is 0.497 e. The predicted octanol–water partition coefficient (Wildman–Crippen LogP) is 5.33. The molecule has 0 saturated carbocycles. The van der Waals surface area contributed by atoms with E-state index in [1.54, 1.807) is 54.5 Å². The van der Waals surface area contributed by atoms with Crippen molar-refractivity contribution in [3.63, 3.8) is 0 Å². The van der Waals surface area contributed by atoms with Crippen LogP contribution in [0.25, 0.3) is 0 Å². The fourth-order valence-electron chi connectivity index (χ4n) is 3.89. The third-order valence-electron chi connectivity index (χ3n) is 5.66. The van der Waals surface area contributed by atoms with Crippen LogP contribution in [0, 0.1) is 0 Å². The summed E-state index contributed by atoms with van der Waals surface area (Å²) in [5.74, 6) is 0.860. The highest BCUT2D eigenvalue weighted by Crippen LogP contribution is 2.30. The molecule has 3 aromatic rings. The number of ether oxygens (including phenoxy) is 2. The lowest BCUT2D eigenvalue weighted by molar-refractivity contribution is 0.102. The number of hydrogen-bond donors (Lipinski definition) is 2. The number of urea groups is 1. The minimum atomic E-state index is -0.280. The molecule has 0 atom stereocenters. The molecule has 170 valence electrons. The highest BCUT2D eigenvalue weighted by Gasteiger charge is 2.21. The zero-order valence-electron chi connectivity index (χ0n) is 18.8. The number of carbonyl (C=O) groups excluding carboxylic acids is 2. The highest BCUT2D eigenvalue weighted by atomic mass is 16.5. The number of benzene rings is 3. The number of nitrogens with one attached hydrogen (secondary N) is 2. The van der Waals surface area contributed by atoms with Gasteiger partial charge in [-0.3, -0.25) is 9.69 Å². The topological polar surface area (TPSA) is 79.9 Å². The first kappa shape index (κ1) is 22.2. The zero-order chi connectivity index (χ0) is 23.2. The molecule has 0 radical (unpaired) electrons. The van der Waals surface area contributed by atoms with Crippen molar-refractivity contribution in [1.29, 1.82) is 0 Å². The number of anilines is 3. The molecule has 0 fully saturated rings. The number of fused-ring (bicyclic) bond motifs is 1. The summed E-state index contributed by atoms with van der Waals surface area (Å²) in [6.45, 7) is 0.674. The molecule has 0 aliphatic carbocycles. The molecule has 2 N–H and O–H groups in total. The lowest BCUT2D eigenvalue weighted by Crippen LogP contribution is -2.35. The van der Waals surface area contributed by atoms with E-state index >= 15 is 0 Å². The SMILES string of the molecule is COc1ccc(NC(=O)c2ccc(NC(=O)N3CCCCc4ccccc43)cc2)c(OC)c1. The molecule has 0 spiro atoms. The van der Waals surface area contributed by atoms with Crippen LogP contribution in [0.1, 0.15) is 28.8 Å². The van der Waals surface area contributed by atoms with Crippen LogP contribution in [0.2, 0.25) is 0 Å². The van der Waals surface area contributed by atoms with Gasteiger partial charge in [-0.1, -0.05) is 18.2 Å². The quantitative estimate of drug-likeness (QED) is 0.556. The van der Waals surface area contributed by atoms with Gasteiger partial charge in [0.05, 0.1) is 19.9 Å². The minimum Gasteiger partial charge on any atom is -0.497 e. The van der Waals surface area contributed by atoms with Crippen molar-refractivity contribution < 1.29 is 19.1 Å². The number of aryl methyl sites for hydroxylation is 1. The summed E-state index contributed by atoms with van der Waals surface area (Å²) in [6, 6.07) is 19.8. The van der Waals surface area contributed by atoms with Gasteiger partial charge in [0.25, 0.3) is 5.91 Å². The van der Waals surface area contributed by atoms with Gasteiger partial charge in [-0.05, 0) is 67.3 Å². The van der Waals surface area contributed by atoms with Gasteiger partial charge in [0.2, 0.25) is 0 Å². The highest BCUT2D eigenvalue weighted by molar-refractivity contribution is 6.06. The number of amides is 3. The van der Waals surface area contributed by atoms with Gasteiger partial charge in [-0.15, -0.1) is 0 Å². The average molecular weight is 446 g/mol. The van der Waals surface area contributed by atoms with Crippen LogP contribution in [0.5, 0.6) is 11.5 Å². The maximum absolute atomic E-state index is 13.0. The molecule has 4 rings (SSSR count). The van der Waals surface area contributed by atoms with E-state index in [-0.39, 0.29) is 11.9 Å². The van der Waals surface area contributed by atoms with E-state index in [9.17, 15) is 9.59 Å². The van der Waals surface area contributed by atoms with E-state index in [4.69, 9.17) is 9.47 Å². The van der Waals surface area contributed by atoms with Crippen LogP contribution >= 0.6 is 0 Å². The molecule has 33 heavy (non-hydrogen) atoms. The summed E-state index contributed by atoms with van der Waals surface area (Å²) >= 11 is 0. The fraction of sp³-hybridized carbons (Fsp3) is 0.231. The van der Waals surface area contributed by atoms with Crippen LogP contribution < -0.4 is 25.0 Å². The zero-order valence-corrected chi connectivity index (χ0v) is 18.8. The summed E-state index contributed by atoms with van der Waals surface area (Å²) < 4.78 is 10.5. The van der Waals surface area contributed by atoms with Crippen molar-refractivity contribution in [3.8, 4) is 11.5 Å². The third-order valence-corrected chi connectivity index (χ3v) is 5.66. The Kier molecular flexibility index (Phi) is 6.78. The lowest BCUT2D eigenvalue weighted by atomic mass is 10.1. The van der Waals surface area contributed by atoms with E-state index in [1.807, 2.05) is 18.2 Å². The molecule has 0 saturated heterocycles. The molecule has 1 aliphatic heterocycles. The molecule has 3 aromatic carbocycles. The monoisotopic (exact) mass is 445 g/mol. The van der Waals surface area contributed by atoms with E-state index in [1.165, 1.54) is 12.7 Å². The van der Waals surface area contributed by atoms with Crippen LogP contribution in [0.4, 0.5) is 21.9 Å². The predicted molar refractivity (Wildman–Crippen MR) is 130 cm³/mol. The maximum atomic E-state index is 13.0. The van der Waals surface area contributed by atoms with E-state index < -0.39 is 0 Å². The van der Waals surface area contributed by atoms with E-state index in [2.05, 4.69) is 16.7 Å². The summed E-state index contributed by atoms with van der Waals surface area (Å²) in [5, 5.41) is 5.79. The van der Waals surface area contributed by atoms with E-state index in [0.29, 0.717) is 35.0 Å². The van der Waals surface area contributed by atoms with Gasteiger partial charge in [0, 0.05) is 29.5 Å². The smallest absolute Gasteiger partial charge is 0.326 e. The number of carbonyl (C=O) groups is 2. The number of rotatable bonds is 5. The summed E-state index contributed by atoms with van der Waals surface area (Å²) in [4.78, 5) is 27.5. The normalized spacial score (nSPS) is 12.8. The Morgan fingerprint density at radius 2 is 1.67 bits per heavy atom. The average Bonchev–Trinajstić information content (AvgIpc) is 3.07. The van der Waals surface area contributed by atoms with Crippen LogP contribution in [-0.4, -0.2) is 32.7 Å². The molecule has 0 bridgehead atoms. The van der Waals surface area contributed by atoms with Gasteiger partial charge in [-0.2, -0.15) is 0 Å². The molecule has 0 unspecified atom stereocenters. The van der Waals surface area contributed by atoms with Gasteiger partial charge in [0.15, 0.2) is 0 Å². The Bertz CT molecular complexity index is 1140. The first-order chi connectivity index (χ1) is 16.1.